The fourth-order valence-corrected chi connectivity index (χ4v) is 1.77. The Bertz CT molecular complexity index is 595. The molecule has 0 spiro atoms. The number of aromatic carboxylic acids is 1. The molecular formula is C11H8ClFN2O2. The smallest absolute Gasteiger partial charge is 0.357 e. The second-order valence-electron chi connectivity index (χ2n) is 3.51. The van der Waals surface area contributed by atoms with Crippen molar-refractivity contribution >= 4 is 17.6 Å². The minimum Gasteiger partial charge on any atom is -0.476 e. The first kappa shape index (κ1) is 11.6. The van der Waals surface area contributed by atoms with Gasteiger partial charge < -0.3 is 5.11 Å². The number of nitrogens with one attached hydrogen (secondary N) is 1. The van der Waals surface area contributed by atoms with E-state index in [9.17, 15) is 9.18 Å². The maximum atomic E-state index is 13.0. The lowest BCUT2D eigenvalue weighted by Crippen LogP contribution is -1.99. The summed E-state index contributed by atoms with van der Waals surface area (Å²) in [5.74, 6) is -1.70. The van der Waals surface area contributed by atoms with Gasteiger partial charge in [0.1, 0.15) is 5.82 Å². The molecule has 6 heteroatoms. The zero-order chi connectivity index (χ0) is 12.6. The van der Waals surface area contributed by atoms with Crippen LogP contribution in [-0.4, -0.2) is 21.3 Å². The molecule has 0 amide bonds. The molecule has 17 heavy (non-hydrogen) atoms. The van der Waals surface area contributed by atoms with Crippen LogP contribution in [0.1, 0.15) is 16.2 Å². The predicted octanol–water partition coefficient (Wildman–Crippen LogP) is 2.88. The van der Waals surface area contributed by atoms with Crippen molar-refractivity contribution in [3.8, 4) is 11.1 Å². The summed E-state index contributed by atoms with van der Waals surface area (Å²) in [5.41, 5.74) is 1.41. The van der Waals surface area contributed by atoms with Gasteiger partial charge in [0.05, 0.1) is 5.02 Å². The Morgan fingerprint density at radius 1 is 1.53 bits per heavy atom. The summed E-state index contributed by atoms with van der Waals surface area (Å²) >= 11 is 5.66. The standard InChI is InChI=1S/C11H8ClFN2O2/c1-5-9(10(11(16)17)15-14-5)6-2-3-8(13)7(12)4-6/h2-4H,1H3,(H,14,15)(H,16,17). The lowest BCUT2D eigenvalue weighted by molar-refractivity contribution is 0.0691. The van der Waals surface area contributed by atoms with Crippen LogP contribution in [0.15, 0.2) is 18.2 Å². The fraction of sp³-hybridized carbons (Fsp3) is 0.0909. The highest BCUT2D eigenvalue weighted by molar-refractivity contribution is 6.31. The number of aromatic amines is 1. The number of halogens is 2. The van der Waals surface area contributed by atoms with Crippen LogP contribution in [0.4, 0.5) is 4.39 Å². The number of carboxylic acids is 1. The van der Waals surface area contributed by atoms with Gasteiger partial charge in [0.2, 0.25) is 0 Å². The number of carbonyl (C=O) groups is 1. The third-order valence-electron chi connectivity index (χ3n) is 2.36. The van der Waals surface area contributed by atoms with E-state index in [2.05, 4.69) is 10.2 Å². The first-order valence-corrected chi connectivity index (χ1v) is 5.12. The van der Waals surface area contributed by atoms with E-state index >= 15 is 0 Å². The van der Waals surface area contributed by atoms with Crippen molar-refractivity contribution in [2.75, 3.05) is 0 Å². The molecule has 0 fully saturated rings. The normalized spacial score (nSPS) is 10.5. The number of hydrogen-bond acceptors (Lipinski definition) is 2. The van der Waals surface area contributed by atoms with E-state index in [1.807, 2.05) is 0 Å². The maximum absolute atomic E-state index is 13.0. The second kappa shape index (κ2) is 4.18. The molecule has 0 bridgehead atoms. The quantitative estimate of drug-likeness (QED) is 0.866. The predicted molar refractivity (Wildman–Crippen MR) is 60.7 cm³/mol. The lowest BCUT2D eigenvalue weighted by atomic mass is 10.0. The maximum Gasteiger partial charge on any atom is 0.357 e. The molecule has 2 N–H and O–H groups in total. The van der Waals surface area contributed by atoms with E-state index in [1.165, 1.54) is 18.2 Å². The van der Waals surface area contributed by atoms with Crippen LogP contribution in [0.3, 0.4) is 0 Å². The summed E-state index contributed by atoms with van der Waals surface area (Å²) in [4.78, 5) is 11.0. The highest BCUT2D eigenvalue weighted by atomic mass is 35.5. The largest absolute Gasteiger partial charge is 0.476 e. The highest BCUT2D eigenvalue weighted by Crippen LogP contribution is 2.29. The van der Waals surface area contributed by atoms with Crippen LogP contribution < -0.4 is 0 Å². The van der Waals surface area contributed by atoms with E-state index in [0.29, 0.717) is 16.8 Å². The Hall–Kier alpha value is -1.88. The zero-order valence-corrected chi connectivity index (χ0v) is 9.55. The van der Waals surface area contributed by atoms with Crippen LogP contribution in [-0.2, 0) is 0 Å². The van der Waals surface area contributed by atoms with Gasteiger partial charge in [0.25, 0.3) is 0 Å². The van der Waals surface area contributed by atoms with Crippen molar-refractivity contribution in [3.63, 3.8) is 0 Å². The van der Waals surface area contributed by atoms with Crippen molar-refractivity contribution in [2.24, 2.45) is 0 Å². The number of nitrogens with zero attached hydrogens (tertiary/aromatic N) is 1. The van der Waals surface area contributed by atoms with E-state index in [1.54, 1.807) is 6.92 Å². The van der Waals surface area contributed by atoms with Gasteiger partial charge in [-0.05, 0) is 24.6 Å². The number of rotatable bonds is 2. The molecule has 1 heterocycles. The minimum atomic E-state index is -1.15. The molecule has 1 aromatic heterocycles. The Labute approximate surface area is 101 Å². The fourth-order valence-electron chi connectivity index (χ4n) is 1.59. The highest BCUT2D eigenvalue weighted by Gasteiger charge is 2.18. The molecule has 2 rings (SSSR count). The van der Waals surface area contributed by atoms with E-state index in [-0.39, 0.29) is 10.7 Å². The number of benzene rings is 1. The molecule has 0 saturated carbocycles. The summed E-state index contributed by atoms with van der Waals surface area (Å²) < 4.78 is 13.0. The van der Waals surface area contributed by atoms with Gasteiger partial charge in [-0.25, -0.2) is 9.18 Å². The average Bonchev–Trinajstić information content (AvgIpc) is 2.64. The number of hydrogen-bond donors (Lipinski definition) is 2. The molecule has 88 valence electrons. The van der Waals surface area contributed by atoms with Gasteiger partial charge in [-0.15, -0.1) is 0 Å². The van der Waals surface area contributed by atoms with Crippen molar-refractivity contribution in [1.29, 1.82) is 0 Å². The molecule has 0 radical (unpaired) electrons. The van der Waals surface area contributed by atoms with E-state index < -0.39 is 11.8 Å². The minimum absolute atomic E-state index is 0.0561. The average molecular weight is 255 g/mol. The van der Waals surface area contributed by atoms with Gasteiger partial charge in [-0.1, -0.05) is 17.7 Å². The topological polar surface area (TPSA) is 66.0 Å². The zero-order valence-electron chi connectivity index (χ0n) is 8.79. The van der Waals surface area contributed by atoms with E-state index in [4.69, 9.17) is 16.7 Å². The van der Waals surface area contributed by atoms with Gasteiger partial charge in [0.15, 0.2) is 5.69 Å². The summed E-state index contributed by atoms with van der Waals surface area (Å²) in [6, 6.07) is 4.03. The van der Waals surface area contributed by atoms with Crippen molar-refractivity contribution < 1.29 is 14.3 Å². The Morgan fingerprint density at radius 2 is 2.24 bits per heavy atom. The molecule has 0 aliphatic rings. The van der Waals surface area contributed by atoms with Gasteiger partial charge in [-0.2, -0.15) is 5.10 Å². The molecule has 0 atom stereocenters. The van der Waals surface area contributed by atoms with E-state index in [0.717, 1.165) is 0 Å². The van der Waals surface area contributed by atoms with Crippen molar-refractivity contribution in [2.45, 2.75) is 6.92 Å². The van der Waals surface area contributed by atoms with Gasteiger partial charge >= 0.3 is 5.97 Å². The second-order valence-corrected chi connectivity index (χ2v) is 3.91. The van der Waals surface area contributed by atoms with Gasteiger partial charge in [-0.3, -0.25) is 5.10 Å². The summed E-state index contributed by atoms with van der Waals surface area (Å²) in [5, 5.41) is 15.2. The Balaban J connectivity index is 2.63. The Morgan fingerprint density at radius 3 is 2.82 bits per heavy atom. The van der Waals surface area contributed by atoms with Crippen LogP contribution in [0.2, 0.25) is 5.02 Å². The molecule has 0 unspecified atom stereocenters. The van der Waals surface area contributed by atoms with Crippen LogP contribution in [0.5, 0.6) is 0 Å². The van der Waals surface area contributed by atoms with Crippen LogP contribution >= 0.6 is 11.6 Å². The molecular weight excluding hydrogens is 247 g/mol. The molecule has 0 saturated heterocycles. The Kier molecular flexibility index (Phi) is 2.85. The SMILES string of the molecule is Cc1[nH]nc(C(=O)O)c1-c1ccc(F)c(Cl)c1. The number of carboxylic acid groups (broad SMARTS) is 1. The molecule has 1 aromatic carbocycles. The summed E-state index contributed by atoms with van der Waals surface area (Å²) in [6.45, 7) is 1.69. The van der Waals surface area contributed by atoms with Crippen molar-refractivity contribution in [1.82, 2.24) is 10.2 Å². The summed E-state index contributed by atoms with van der Waals surface area (Å²) in [6.07, 6.45) is 0. The molecule has 0 aliphatic carbocycles. The number of H-pyrrole nitrogens is 1. The monoisotopic (exact) mass is 254 g/mol. The van der Waals surface area contributed by atoms with Crippen molar-refractivity contribution in [3.05, 3.63) is 40.4 Å². The summed E-state index contributed by atoms with van der Waals surface area (Å²) in [7, 11) is 0. The first-order valence-electron chi connectivity index (χ1n) is 4.74. The molecule has 4 nitrogen and oxygen atoms in total. The third-order valence-corrected chi connectivity index (χ3v) is 2.65. The van der Waals surface area contributed by atoms with Crippen LogP contribution in [0.25, 0.3) is 11.1 Å². The first-order chi connectivity index (χ1) is 8.00. The third kappa shape index (κ3) is 2.01. The molecule has 2 aromatic rings. The molecule has 0 aliphatic heterocycles. The number of aryl methyl sites for hydroxylation is 1. The van der Waals surface area contributed by atoms with Crippen LogP contribution in [0, 0.1) is 12.7 Å². The lowest BCUT2D eigenvalue weighted by Gasteiger charge is -2.03. The number of aromatic nitrogens is 2. The van der Waals surface area contributed by atoms with Gasteiger partial charge in [0, 0.05) is 11.3 Å².